The molecule has 1 amide bonds. The van der Waals surface area contributed by atoms with E-state index in [1.165, 1.54) is 11.8 Å². The minimum atomic E-state index is -3.05. The molecule has 5 rings (SSSR count). The van der Waals surface area contributed by atoms with Crippen LogP contribution in [-0.2, 0) is 14.6 Å². The van der Waals surface area contributed by atoms with Crippen LogP contribution in [0.25, 0.3) is 17.3 Å². The first-order valence-electron chi connectivity index (χ1n) is 10.2. The summed E-state index contributed by atoms with van der Waals surface area (Å²) in [4.78, 5) is 14.9. The van der Waals surface area contributed by atoms with E-state index in [0.29, 0.717) is 23.2 Å². The lowest BCUT2D eigenvalue weighted by Gasteiger charge is -2.28. The molecule has 10 heteroatoms. The highest BCUT2D eigenvalue weighted by atomic mass is 32.2. The summed E-state index contributed by atoms with van der Waals surface area (Å²) < 4.78 is 31.3. The zero-order valence-corrected chi connectivity index (χ0v) is 18.4. The van der Waals surface area contributed by atoms with Gasteiger partial charge in [-0.25, -0.2) is 8.42 Å². The van der Waals surface area contributed by atoms with Gasteiger partial charge in [0.2, 0.25) is 11.7 Å². The molecule has 0 N–H and O–H groups in total. The van der Waals surface area contributed by atoms with Gasteiger partial charge in [0.15, 0.2) is 20.8 Å². The Bertz CT molecular complexity index is 1170. The zero-order valence-electron chi connectivity index (χ0n) is 16.8. The normalized spacial score (nSPS) is 20.1. The first-order valence-corrected chi connectivity index (χ1v) is 13.0. The van der Waals surface area contributed by atoms with Crippen LogP contribution in [0.5, 0.6) is 0 Å². The number of furan rings is 1. The molecule has 3 heterocycles. The second-order valence-corrected chi connectivity index (χ2v) is 11.0. The number of hydrogen-bond donors (Lipinski definition) is 0. The van der Waals surface area contributed by atoms with Gasteiger partial charge in [-0.05, 0) is 43.5 Å². The van der Waals surface area contributed by atoms with Crippen LogP contribution in [0, 0.1) is 0 Å². The van der Waals surface area contributed by atoms with Crippen LogP contribution < -0.4 is 0 Å². The Balaban J connectivity index is 1.38. The Kier molecular flexibility index (Phi) is 5.35. The quantitative estimate of drug-likeness (QED) is 0.502. The summed E-state index contributed by atoms with van der Waals surface area (Å²) in [6, 6.07) is 13.2. The monoisotopic (exact) mass is 458 g/mol. The number of amides is 1. The Morgan fingerprint density at radius 1 is 1.10 bits per heavy atom. The van der Waals surface area contributed by atoms with Gasteiger partial charge in [-0.1, -0.05) is 30.0 Å². The Morgan fingerprint density at radius 3 is 2.55 bits per heavy atom. The van der Waals surface area contributed by atoms with Crippen molar-refractivity contribution in [3.63, 3.8) is 0 Å². The smallest absolute Gasteiger partial charge is 0.233 e. The van der Waals surface area contributed by atoms with Crippen molar-refractivity contribution in [2.24, 2.45) is 0 Å². The van der Waals surface area contributed by atoms with Gasteiger partial charge in [-0.3, -0.25) is 9.36 Å². The van der Waals surface area contributed by atoms with Gasteiger partial charge in [-0.2, -0.15) is 0 Å². The van der Waals surface area contributed by atoms with Crippen molar-refractivity contribution in [2.45, 2.75) is 36.5 Å². The summed E-state index contributed by atoms with van der Waals surface area (Å²) in [5, 5.41) is 9.19. The first-order chi connectivity index (χ1) is 15.0. The molecule has 1 saturated heterocycles. The van der Waals surface area contributed by atoms with Crippen LogP contribution in [-0.4, -0.2) is 63.3 Å². The van der Waals surface area contributed by atoms with Crippen molar-refractivity contribution in [2.75, 3.05) is 17.3 Å². The lowest BCUT2D eigenvalue weighted by molar-refractivity contribution is -0.130. The molecule has 31 heavy (non-hydrogen) atoms. The Morgan fingerprint density at radius 2 is 1.90 bits per heavy atom. The number of benzene rings is 1. The average molecular weight is 459 g/mol. The van der Waals surface area contributed by atoms with Crippen molar-refractivity contribution in [3.8, 4) is 17.3 Å². The maximum atomic E-state index is 13.1. The van der Waals surface area contributed by atoms with Crippen molar-refractivity contribution < 1.29 is 17.6 Å². The molecular weight excluding hydrogens is 436 g/mol. The topological polar surface area (TPSA) is 98.3 Å². The molecule has 1 aliphatic heterocycles. The molecule has 3 aromatic rings. The number of para-hydroxylation sites is 1. The summed E-state index contributed by atoms with van der Waals surface area (Å²) in [6.07, 6.45) is 3.99. The van der Waals surface area contributed by atoms with Crippen LogP contribution in [0.4, 0.5) is 0 Å². The standard InChI is InChI=1S/C21H22N4O4S2/c26-19(24(16-8-9-16)17-10-12-31(27,28)14-17)13-30-21-23-22-20(18-7-4-11-29-18)25(21)15-5-2-1-3-6-15/h1-7,11,16-17H,8-10,12-14H2. The van der Waals surface area contributed by atoms with Crippen molar-refractivity contribution in [1.29, 1.82) is 0 Å². The second kappa shape index (κ2) is 8.16. The Labute approximate surface area is 184 Å². The lowest BCUT2D eigenvalue weighted by atomic mass is 10.2. The predicted octanol–water partition coefficient (Wildman–Crippen LogP) is 2.80. The summed E-state index contributed by atoms with van der Waals surface area (Å²) in [5.74, 6) is 1.52. The summed E-state index contributed by atoms with van der Waals surface area (Å²) in [5.41, 5.74) is 0.870. The molecule has 1 unspecified atom stereocenters. The number of carbonyl (C=O) groups is 1. The molecule has 2 aliphatic rings. The van der Waals surface area contributed by atoms with Crippen LogP contribution in [0.15, 0.2) is 58.3 Å². The predicted molar refractivity (Wildman–Crippen MR) is 117 cm³/mol. The van der Waals surface area contributed by atoms with Crippen molar-refractivity contribution >= 4 is 27.5 Å². The maximum absolute atomic E-state index is 13.1. The molecule has 2 fully saturated rings. The van der Waals surface area contributed by atoms with E-state index < -0.39 is 9.84 Å². The van der Waals surface area contributed by atoms with Crippen molar-refractivity contribution in [3.05, 3.63) is 48.7 Å². The van der Waals surface area contributed by atoms with Gasteiger partial charge in [0.05, 0.1) is 23.5 Å². The largest absolute Gasteiger partial charge is 0.461 e. The fraction of sp³-hybridized carbons (Fsp3) is 0.381. The molecule has 0 bridgehead atoms. The van der Waals surface area contributed by atoms with E-state index in [9.17, 15) is 13.2 Å². The zero-order chi connectivity index (χ0) is 21.4. The summed E-state index contributed by atoms with van der Waals surface area (Å²) in [6.45, 7) is 0. The summed E-state index contributed by atoms with van der Waals surface area (Å²) >= 11 is 1.31. The van der Waals surface area contributed by atoms with E-state index in [-0.39, 0.29) is 35.2 Å². The number of thioether (sulfide) groups is 1. The highest BCUT2D eigenvalue weighted by Gasteiger charge is 2.42. The third-order valence-corrected chi connectivity index (χ3v) is 8.21. The number of rotatable bonds is 7. The third-order valence-electron chi connectivity index (χ3n) is 5.54. The third kappa shape index (κ3) is 4.27. The minimum absolute atomic E-state index is 0.0447. The van der Waals surface area contributed by atoms with Gasteiger partial charge < -0.3 is 9.32 Å². The number of sulfone groups is 1. The van der Waals surface area contributed by atoms with Crippen LogP contribution in [0.2, 0.25) is 0 Å². The molecule has 1 saturated carbocycles. The fourth-order valence-corrected chi connectivity index (χ4v) is 6.52. The van der Waals surface area contributed by atoms with Crippen molar-refractivity contribution in [1.82, 2.24) is 19.7 Å². The minimum Gasteiger partial charge on any atom is -0.461 e. The van der Waals surface area contributed by atoms with Gasteiger partial charge in [0.1, 0.15) is 0 Å². The maximum Gasteiger partial charge on any atom is 0.233 e. The molecule has 1 aromatic carbocycles. The SMILES string of the molecule is O=C(CSc1nnc(-c2ccco2)n1-c1ccccc1)N(C1CC1)C1CCS(=O)(=O)C1. The first kappa shape index (κ1) is 20.3. The van der Waals surface area contributed by atoms with E-state index in [2.05, 4.69) is 10.2 Å². The highest BCUT2D eigenvalue weighted by molar-refractivity contribution is 7.99. The molecule has 162 valence electrons. The molecule has 8 nitrogen and oxygen atoms in total. The molecule has 0 spiro atoms. The number of carbonyl (C=O) groups excluding carboxylic acids is 1. The highest BCUT2D eigenvalue weighted by Crippen LogP contribution is 2.34. The number of nitrogens with zero attached hydrogens (tertiary/aromatic N) is 4. The van der Waals surface area contributed by atoms with E-state index in [4.69, 9.17) is 4.42 Å². The lowest BCUT2D eigenvalue weighted by Crippen LogP contribution is -2.43. The van der Waals surface area contributed by atoms with E-state index in [1.54, 1.807) is 12.3 Å². The number of hydrogen-bond acceptors (Lipinski definition) is 7. The van der Waals surface area contributed by atoms with Gasteiger partial charge in [0, 0.05) is 17.8 Å². The van der Waals surface area contributed by atoms with Gasteiger partial charge in [0.25, 0.3) is 0 Å². The van der Waals surface area contributed by atoms with Crippen LogP contribution in [0.3, 0.4) is 0 Å². The molecular formula is C21H22N4O4S2. The summed E-state index contributed by atoms with van der Waals surface area (Å²) in [7, 11) is -3.05. The van der Waals surface area contributed by atoms with Crippen LogP contribution >= 0.6 is 11.8 Å². The van der Waals surface area contributed by atoms with Gasteiger partial charge in [-0.15, -0.1) is 10.2 Å². The van der Waals surface area contributed by atoms with E-state index >= 15 is 0 Å². The molecule has 1 atom stereocenters. The molecule has 0 radical (unpaired) electrons. The van der Waals surface area contributed by atoms with Crippen LogP contribution in [0.1, 0.15) is 19.3 Å². The molecule has 1 aliphatic carbocycles. The van der Waals surface area contributed by atoms with E-state index in [1.807, 2.05) is 45.9 Å². The average Bonchev–Trinajstić information content (AvgIpc) is 3.15. The number of aromatic nitrogens is 3. The van der Waals surface area contributed by atoms with E-state index in [0.717, 1.165) is 18.5 Å². The fourth-order valence-electron chi connectivity index (χ4n) is 3.99. The van der Waals surface area contributed by atoms with Gasteiger partial charge >= 0.3 is 0 Å². The molecule has 2 aromatic heterocycles. The second-order valence-electron chi connectivity index (χ2n) is 7.83. The Hall–Kier alpha value is -2.59.